The van der Waals surface area contributed by atoms with Crippen LogP contribution in [-0.2, 0) is 0 Å². The Morgan fingerprint density at radius 3 is 2.75 bits per heavy atom. The molecule has 0 aliphatic rings. The number of aryl methyl sites for hydroxylation is 2. The zero-order chi connectivity index (χ0) is 11.5. The maximum Gasteiger partial charge on any atom is 0.149 e. The van der Waals surface area contributed by atoms with Crippen LogP contribution in [0, 0.1) is 25.2 Å². The monoisotopic (exact) mass is 210 g/mol. The van der Waals surface area contributed by atoms with Gasteiger partial charge in [0.2, 0.25) is 0 Å². The third-order valence-corrected chi connectivity index (χ3v) is 2.18. The molecule has 78 valence electrons. The molecular weight excluding hydrogens is 200 g/mol. The van der Waals surface area contributed by atoms with E-state index in [9.17, 15) is 0 Å². The number of pyridine rings is 1. The largest absolute Gasteiger partial charge is 0.245 e. The van der Waals surface area contributed by atoms with Gasteiger partial charge >= 0.3 is 0 Å². The van der Waals surface area contributed by atoms with E-state index in [4.69, 9.17) is 5.26 Å². The van der Waals surface area contributed by atoms with Crippen LogP contribution in [0.5, 0.6) is 0 Å². The van der Waals surface area contributed by atoms with Gasteiger partial charge in [0.05, 0.1) is 5.69 Å². The fourth-order valence-corrected chi connectivity index (χ4v) is 1.46. The molecule has 0 amide bonds. The first-order valence-corrected chi connectivity index (χ1v) is 4.87. The van der Waals surface area contributed by atoms with E-state index in [1.54, 1.807) is 18.5 Å². The quantitative estimate of drug-likeness (QED) is 0.722. The van der Waals surface area contributed by atoms with Crippen LogP contribution in [0.4, 0.5) is 0 Å². The van der Waals surface area contributed by atoms with Crippen molar-refractivity contribution in [1.29, 1.82) is 5.26 Å². The van der Waals surface area contributed by atoms with Crippen molar-refractivity contribution in [2.24, 2.45) is 0 Å². The van der Waals surface area contributed by atoms with Crippen molar-refractivity contribution in [3.8, 4) is 17.3 Å². The predicted molar refractivity (Wildman–Crippen MR) is 59.5 cm³/mol. The molecule has 0 radical (unpaired) electrons. The first kappa shape index (κ1) is 10.2. The number of rotatable bonds is 1. The summed E-state index contributed by atoms with van der Waals surface area (Å²) in [5.41, 5.74) is 2.89. The van der Waals surface area contributed by atoms with Gasteiger partial charge in [0.1, 0.15) is 17.6 Å². The van der Waals surface area contributed by atoms with Gasteiger partial charge in [-0.1, -0.05) is 0 Å². The molecule has 0 spiro atoms. The summed E-state index contributed by atoms with van der Waals surface area (Å²) in [6.07, 6.45) is 3.36. The molecule has 0 unspecified atom stereocenters. The third kappa shape index (κ3) is 1.89. The summed E-state index contributed by atoms with van der Waals surface area (Å²) in [6, 6.07) is 5.76. The van der Waals surface area contributed by atoms with Crippen molar-refractivity contribution < 1.29 is 0 Å². The standard InChI is InChI=1S/C12H10N4/c1-8-5-10(12(6-13)15-7-8)11-3-4-14-9(2)16-11/h3-5,7H,1-2H3. The molecular formula is C12H10N4. The molecule has 4 nitrogen and oxygen atoms in total. The second-order valence-electron chi connectivity index (χ2n) is 3.51. The van der Waals surface area contributed by atoms with E-state index < -0.39 is 0 Å². The molecule has 0 fully saturated rings. The topological polar surface area (TPSA) is 62.5 Å². The second-order valence-corrected chi connectivity index (χ2v) is 3.51. The van der Waals surface area contributed by atoms with E-state index in [-0.39, 0.29) is 0 Å². The fourth-order valence-electron chi connectivity index (χ4n) is 1.46. The average Bonchev–Trinajstić information content (AvgIpc) is 2.29. The van der Waals surface area contributed by atoms with Gasteiger partial charge in [-0.15, -0.1) is 0 Å². The lowest BCUT2D eigenvalue weighted by Gasteiger charge is -2.04. The first-order valence-electron chi connectivity index (χ1n) is 4.87. The van der Waals surface area contributed by atoms with Gasteiger partial charge in [0.15, 0.2) is 0 Å². The van der Waals surface area contributed by atoms with E-state index in [2.05, 4.69) is 21.0 Å². The molecule has 0 aliphatic heterocycles. The van der Waals surface area contributed by atoms with Crippen LogP contribution in [-0.4, -0.2) is 15.0 Å². The van der Waals surface area contributed by atoms with Crippen LogP contribution < -0.4 is 0 Å². The zero-order valence-electron chi connectivity index (χ0n) is 9.10. The highest BCUT2D eigenvalue weighted by molar-refractivity contribution is 5.65. The van der Waals surface area contributed by atoms with Gasteiger partial charge in [-0.3, -0.25) is 0 Å². The number of hydrogen-bond donors (Lipinski definition) is 0. The summed E-state index contributed by atoms with van der Waals surface area (Å²) in [7, 11) is 0. The Hall–Kier alpha value is -2.28. The smallest absolute Gasteiger partial charge is 0.149 e. The minimum absolute atomic E-state index is 0.392. The lowest BCUT2D eigenvalue weighted by atomic mass is 10.1. The van der Waals surface area contributed by atoms with Crippen LogP contribution >= 0.6 is 0 Å². The summed E-state index contributed by atoms with van der Waals surface area (Å²) >= 11 is 0. The maximum atomic E-state index is 8.98. The molecule has 0 aliphatic carbocycles. The Morgan fingerprint density at radius 2 is 2.06 bits per heavy atom. The highest BCUT2D eigenvalue weighted by Crippen LogP contribution is 2.20. The molecule has 2 rings (SSSR count). The maximum absolute atomic E-state index is 8.98. The molecule has 4 heteroatoms. The molecule has 0 saturated carbocycles. The number of nitrogens with zero attached hydrogens (tertiary/aromatic N) is 4. The van der Waals surface area contributed by atoms with Gasteiger partial charge in [-0.05, 0) is 31.5 Å². The fraction of sp³-hybridized carbons (Fsp3) is 0.167. The molecule has 2 aromatic heterocycles. The van der Waals surface area contributed by atoms with E-state index in [1.807, 2.05) is 19.9 Å². The van der Waals surface area contributed by atoms with Gasteiger partial charge in [-0.25, -0.2) is 15.0 Å². The van der Waals surface area contributed by atoms with Gasteiger partial charge in [0, 0.05) is 18.0 Å². The Kier molecular flexibility index (Phi) is 2.61. The summed E-state index contributed by atoms with van der Waals surface area (Å²) in [6.45, 7) is 3.75. The van der Waals surface area contributed by atoms with E-state index in [0.717, 1.165) is 16.8 Å². The summed E-state index contributed by atoms with van der Waals surface area (Å²) in [5, 5.41) is 8.98. The van der Waals surface area contributed by atoms with Crippen molar-refractivity contribution in [3.63, 3.8) is 0 Å². The van der Waals surface area contributed by atoms with Crippen molar-refractivity contribution >= 4 is 0 Å². The normalized spacial score (nSPS) is 9.81. The Bertz CT molecular complexity index is 569. The number of hydrogen-bond acceptors (Lipinski definition) is 4. The van der Waals surface area contributed by atoms with E-state index in [0.29, 0.717) is 11.5 Å². The lowest BCUT2D eigenvalue weighted by molar-refractivity contribution is 1.05. The molecule has 0 N–H and O–H groups in total. The SMILES string of the molecule is Cc1cnc(C#N)c(-c2ccnc(C)n2)c1. The zero-order valence-corrected chi connectivity index (χ0v) is 9.10. The summed E-state index contributed by atoms with van der Waals surface area (Å²) in [5.74, 6) is 0.683. The minimum Gasteiger partial charge on any atom is -0.245 e. The molecule has 16 heavy (non-hydrogen) atoms. The van der Waals surface area contributed by atoms with E-state index in [1.165, 1.54) is 0 Å². The minimum atomic E-state index is 0.392. The summed E-state index contributed by atoms with van der Waals surface area (Å²) in [4.78, 5) is 12.4. The molecule has 0 saturated heterocycles. The van der Waals surface area contributed by atoms with Crippen molar-refractivity contribution in [2.75, 3.05) is 0 Å². The van der Waals surface area contributed by atoms with Crippen molar-refractivity contribution in [1.82, 2.24) is 15.0 Å². The van der Waals surface area contributed by atoms with Crippen LogP contribution in [0.25, 0.3) is 11.3 Å². The Morgan fingerprint density at radius 1 is 1.25 bits per heavy atom. The lowest BCUT2D eigenvalue weighted by Crippen LogP contribution is -1.95. The molecule has 0 bridgehead atoms. The van der Waals surface area contributed by atoms with Crippen molar-refractivity contribution in [3.05, 3.63) is 41.6 Å². The Balaban J connectivity index is 2.64. The van der Waals surface area contributed by atoms with Crippen LogP contribution in [0.1, 0.15) is 17.1 Å². The number of aromatic nitrogens is 3. The highest BCUT2D eigenvalue weighted by Gasteiger charge is 2.08. The third-order valence-electron chi connectivity index (χ3n) is 2.18. The highest BCUT2D eigenvalue weighted by atomic mass is 14.9. The van der Waals surface area contributed by atoms with E-state index >= 15 is 0 Å². The number of nitriles is 1. The Labute approximate surface area is 93.6 Å². The molecule has 0 aromatic carbocycles. The first-order chi connectivity index (χ1) is 7.70. The molecule has 2 aromatic rings. The van der Waals surface area contributed by atoms with Crippen molar-refractivity contribution in [2.45, 2.75) is 13.8 Å². The van der Waals surface area contributed by atoms with Gasteiger partial charge in [0.25, 0.3) is 0 Å². The van der Waals surface area contributed by atoms with Crippen LogP contribution in [0.15, 0.2) is 24.5 Å². The van der Waals surface area contributed by atoms with Crippen LogP contribution in [0.3, 0.4) is 0 Å². The molecule has 0 atom stereocenters. The van der Waals surface area contributed by atoms with Gasteiger partial charge in [-0.2, -0.15) is 5.26 Å². The second kappa shape index (κ2) is 4.07. The van der Waals surface area contributed by atoms with Crippen LogP contribution in [0.2, 0.25) is 0 Å². The molecule has 2 heterocycles. The summed E-state index contributed by atoms with van der Waals surface area (Å²) < 4.78 is 0. The predicted octanol–water partition coefficient (Wildman–Crippen LogP) is 2.03. The average molecular weight is 210 g/mol. The van der Waals surface area contributed by atoms with Gasteiger partial charge < -0.3 is 0 Å².